The predicted octanol–water partition coefficient (Wildman–Crippen LogP) is 8.13. The standard InChI is InChI=1S/C28H23F2NS2/c1-3-4-5-6-7-8-19-9-10-20(18(2)13-19)11-12-22-16-26-27(32-22)17-25(33-26)21-14-23(29)28(31)24(30)15-21/h9-10,13-17H,3-6,31H2,1-2H3. The molecule has 5 heteroatoms. The van der Waals surface area contributed by atoms with E-state index in [4.69, 9.17) is 5.73 Å². The molecule has 4 aromatic rings. The fourth-order valence-electron chi connectivity index (χ4n) is 3.40. The lowest BCUT2D eigenvalue weighted by atomic mass is 10.1. The summed E-state index contributed by atoms with van der Waals surface area (Å²) in [7, 11) is 0. The maximum atomic E-state index is 13.8. The quantitative estimate of drug-likeness (QED) is 0.180. The zero-order chi connectivity index (χ0) is 23.4. The molecule has 2 aromatic heterocycles. The third kappa shape index (κ3) is 5.45. The highest BCUT2D eigenvalue weighted by atomic mass is 32.1. The van der Waals surface area contributed by atoms with E-state index in [-0.39, 0.29) is 0 Å². The maximum absolute atomic E-state index is 13.8. The Bertz CT molecular complexity index is 1380. The molecule has 33 heavy (non-hydrogen) atoms. The van der Waals surface area contributed by atoms with Crippen LogP contribution in [0.25, 0.3) is 19.8 Å². The SMILES string of the molecule is CCCCCC#Cc1ccc(C#Cc2cc3sc(-c4cc(F)c(N)c(F)c4)cc3s2)c(C)c1. The summed E-state index contributed by atoms with van der Waals surface area (Å²) in [4.78, 5) is 1.76. The Kier molecular flexibility index (Phi) is 7.14. The molecule has 0 aliphatic rings. The molecule has 2 N–H and O–H groups in total. The molecule has 2 aromatic carbocycles. The lowest BCUT2D eigenvalue weighted by Crippen LogP contribution is -1.95. The number of hydrogen-bond donors (Lipinski definition) is 1. The number of unbranched alkanes of at least 4 members (excludes halogenated alkanes) is 3. The summed E-state index contributed by atoms with van der Waals surface area (Å²) in [6.07, 6.45) is 4.52. The van der Waals surface area contributed by atoms with Gasteiger partial charge in [0.2, 0.25) is 0 Å². The van der Waals surface area contributed by atoms with Crippen LogP contribution in [0.5, 0.6) is 0 Å². The number of rotatable bonds is 4. The number of benzene rings is 2. The maximum Gasteiger partial charge on any atom is 0.149 e. The van der Waals surface area contributed by atoms with E-state index in [0.717, 1.165) is 48.7 Å². The summed E-state index contributed by atoms with van der Waals surface area (Å²) >= 11 is 3.06. The van der Waals surface area contributed by atoms with Gasteiger partial charge >= 0.3 is 0 Å². The van der Waals surface area contributed by atoms with Crippen molar-refractivity contribution in [1.82, 2.24) is 0 Å². The summed E-state index contributed by atoms with van der Waals surface area (Å²) in [5, 5.41) is 0. The lowest BCUT2D eigenvalue weighted by molar-refractivity contribution is 0.592. The van der Waals surface area contributed by atoms with Crippen LogP contribution in [-0.4, -0.2) is 0 Å². The van der Waals surface area contributed by atoms with E-state index in [1.807, 2.05) is 24.3 Å². The Labute approximate surface area is 201 Å². The van der Waals surface area contributed by atoms with Crippen LogP contribution in [0.2, 0.25) is 0 Å². The van der Waals surface area contributed by atoms with E-state index in [1.165, 1.54) is 36.3 Å². The van der Waals surface area contributed by atoms with Crippen LogP contribution in [0.1, 0.15) is 54.2 Å². The van der Waals surface area contributed by atoms with Gasteiger partial charge in [0.15, 0.2) is 0 Å². The van der Waals surface area contributed by atoms with Gasteiger partial charge in [-0.1, -0.05) is 43.4 Å². The minimum Gasteiger partial charge on any atom is -0.394 e. The highest BCUT2D eigenvalue weighted by molar-refractivity contribution is 7.29. The van der Waals surface area contributed by atoms with Crippen LogP contribution in [0.3, 0.4) is 0 Å². The molecule has 0 amide bonds. The highest BCUT2D eigenvalue weighted by Gasteiger charge is 2.12. The van der Waals surface area contributed by atoms with Crippen LogP contribution < -0.4 is 5.73 Å². The average Bonchev–Trinajstić information content (AvgIpc) is 3.35. The molecule has 0 aliphatic carbocycles. The van der Waals surface area contributed by atoms with Crippen molar-refractivity contribution in [3.05, 3.63) is 75.7 Å². The fourth-order valence-corrected chi connectivity index (χ4v) is 5.64. The van der Waals surface area contributed by atoms with Crippen LogP contribution in [0.4, 0.5) is 14.5 Å². The van der Waals surface area contributed by atoms with Crippen molar-refractivity contribution in [2.75, 3.05) is 5.73 Å². The van der Waals surface area contributed by atoms with Crippen LogP contribution in [0, 0.1) is 42.2 Å². The first-order valence-electron chi connectivity index (χ1n) is 10.8. The van der Waals surface area contributed by atoms with Crippen molar-refractivity contribution < 1.29 is 8.78 Å². The van der Waals surface area contributed by atoms with Gasteiger partial charge in [-0.15, -0.1) is 22.7 Å². The molecule has 0 aliphatic heterocycles. The fraction of sp³-hybridized carbons (Fsp3) is 0.214. The summed E-state index contributed by atoms with van der Waals surface area (Å²) in [6.45, 7) is 4.25. The minimum absolute atomic E-state index is 0.447. The molecule has 0 fully saturated rings. The van der Waals surface area contributed by atoms with Gasteiger partial charge in [0.1, 0.15) is 17.3 Å². The van der Waals surface area contributed by atoms with E-state index in [2.05, 4.69) is 43.6 Å². The van der Waals surface area contributed by atoms with Gasteiger partial charge < -0.3 is 5.73 Å². The molecule has 2 heterocycles. The third-order valence-corrected chi connectivity index (χ3v) is 7.51. The summed E-state index contributed by atoms with van der Waals surface area (Å²) in [5.74, 6) is 11.5. The van der Waals surface area contributed by atoms with Gasteiger partial charge in [-0.3, -0.25) is 0 Å². The van der Waals surface area contributed by atoms with Crippen molar-refractivity contribution >= 4 is 37.8 Å². The van der Waals surface area contributed by atoms with Gasteiger partial charge in [-0.05, 0) is 66.9 Å². The number of halogens is 2. The molecular weight excluding hydrogens is 452 g/mol. The third-order valence-electron chi connectivity index (χ3n) is 5.26. The molecule has 166 valence electrons. The Morgan fingerprint density at radius 3 is 2.33 bits per heavy atom. The highest BCUT2D eigenvalue weighted by Crippen LogP contribution is 2.39. The molecule has 0 spiro atoms. The Hall–Kier alpha value is -3.12. The molecule has 0 bridgehead atoms. The normalized spacial score (nSPS) is 10.5. The number of thiophene rings is 2. The Balaban J connectivity index is 1.50. The first-order chi connectivity index (χ1) is 15.9. The van der Waals surface area contributed by atoms with Gasteiger partial charge in [0.25, 0.3) is 0 Å². The van der Waals surface area contributed by atoms with Crippen molar-refractivity contribution in [3.8, 4) is 34.1 Å². The van der Waals surface area contributed by atoms with Crippen molar-refractivity contribution in [2.24, 2.45) is 0 Å². The van der Waals surface area contributed by atoms with E-state index >= 15 is 0 Å². The number of nitrogen functional groups attached to an aromatic ring is 1. The Morgan fingerprint density at radius 2 is 1.64 bits per heavy atom. The second-order valence-electron chi connectivity index (χ2n) is 7.84. The topological polar surface area (TPSA) is 26.0 Å². The van der Waals surface area contributed by atoms with Crippen molar-refractivity contribution in [1.29, 1.82) is 0 Å². The largest absolute Gasteiger partial charge is 0.394 e. The molecule has 1 nitrogen and oxygen atoms in total. The molecule has 0 atom stereocenters. The predicted molar refractivity (Wildman–Crippen MR) is 138 cm³/mol. The first-order valence-corrected chi connectivity index (χ1v) is 12.5. The molecular formula is C28H23F2NS2. The Morgan fingerprint density at radius 1 is 0.879 bits per heavy atom. The second kappa shape index (κ2) is 10.2. The van der Waals surface area contributed by atoms with Gasteiger partial charge in [-0.25, -0.2) is 8.78 Å². The minimum atomic E-state index is -0.739. The average molecular weight is 476 g/mol. The molecule has 0 saturated carbocycles. The van der Waals surface area contributed by atoms with Gasteiger partial charge in [0, 0.05) is 31.8 Å². The smallest absolute Gasteiger partial charge is 0.149 e. The first kappa shape index (κ1) is 23.1. The number of nitrogens with two attached hydrogens (primary N) is 1. The van der Waals surface area contributed by atoms with Crippen LogP contribution in [-0.2, 0) is 0 Å². The van der Waals surface area contributed by atoms with Gasteiger partial charge in [-0.2, -0.15) is 0 Å². The summed E-state index contributed by atoms with van der Waals surface area (Å²) in [5.41, 5.74) is 8.53. The number of hydrogen-bond acceptors (Lipinski definition) is 3. The van der Waals surface area contributed by atoms with Crippen LogP contribution >= 0.6 is 22.7 Å². The van der Waals surface area contributed by atoms with E-state index < -0.39 is 17.3 Å². The van der Waals surface area contributed by atoms with E-state index in [1.54, 1.807) is 11.3 Å². The lowest BCUT2D eigenvalue weighted by Gasteiger charge is -2.02. The summed E-state index contributed by atoms with van der Waals surface area (Å²) < 4.78 is 29.7. The zero-order valence-corrected chi connectivity index (χ0v) is 20.2. The monoisotopic (exact) mass is 475 g/mol. The second-order valence-corrected chi connectivity index (χ2v) is 10.0. The number of anilines is 1. The molecule has 0 radical (unpaired) electrons. The molecule has 0 saturated heterocycles. The summed E-state index contributed by atoms with van der Waals surface area (Å²) in [6, 6.07) is 12.6. The van der Waals surface area contributed by atoms with Crippen molar-refractivity contribution in [2.45, 2.75) is 39.5 Å². The number of aryl methyl sites for hydroxylation is 1. The number of fused-ring (bicyclic) bond motifs is 1. The van der Waals surface area contributed by atoms with Crippen molar-refractivity contribution in [3.63, 3.8) is 0 Å². The van der Waals surface area contributed by atoms with E-state index in [0.29, 0.717) is 5.56 Å². The van der Waals surface area contributed by atoms with Crippen LogP contribution in [0.15, 0.2) is 42.5 Å². The molecule has 4 rings (SSSR count). The van der Waals surface area contributed by atoms with Gasteiger partial charge in [0.05, 0.1) is 4.88 Å². The zero-order valence-electron chi connectivity index (χ0n) is 18.5. The van der Waals surface area contributed by atoms with E-state index in [9.17, 15) is 8.78 Å². The molecule has 0 unspecified atom stereocenters.